The smallest absolute Gasteiger partial charge is 0.162 e. The zero-order valence-electron chi connectivity index (χ0n) is 7.38. The topological polar surface area (TPSA) is 55.5 Å². The normalized spacial score (nSPS) is 10.1. The number of methoxy groups -OCH3 is 1. The van der Waals surface area contributed by atoms with Crippen molar-refractivity contribution in [3.05, 3.63) is 21.3 Å². The number of rotatable bonds is 3. The second kappa shape index (κ2) is 4.66. The minimum atomic E-state index is 0.208. The van der Waals surface area contributed by atoms with Crippen LogP contribution in [0.5, 0.6) is 11.5 Å². The first-order valence-corrected chi connectivity index (χ1v) is 5.03. The van der Waals surface area contributed by atoms with Crippen molar-refractivity contribution < 1.29 is 9.84 Å². The Morgan fingerprint density at radius 1 is 1.54 bits per heavy atom. The van der Waals surface area contributed by atoms with Crippen molar-refractivity contribution in [3.8, 4) is 11.5 Å². The molecule has 0 unspecified atom stereocenters. The van der Waals surface area contributed by atoms with Crippen LogP contribution in [0, 0.1) is 3.57 Å². The Balaban J connectivity index is 3.13. The van der Waals surface area contributed by atoms with Gasteiger partial charge in [0, 0.05) is 9.13 Å². The number of aromatic hydroxyl groups is 1. The third-order valence-corrected chi connectivity index (χ3v) is 2.81. The highest BCUT2D eigenvalue weighted by Gasteiger charge is 2.10. The van der Waals surface area contributed by atoms with Crippen molar-refractivity contribution in [2.45, 2.75) is 6.42 Å². The van der Waals surface area contributed by atoms with E-state index in [0.717, 1.165) is 9.13 Å². The maximum Gasteiger partial charge on any atom is 0.162 e. The lowest BCUT2D eigenvalue weighted by Gasteiger charge is -2.09. The molecule has 0 amide bonds. The molecule has 0 saturated carbocycles. The highest BCUT2D eigenvalue weighted by atomic mass is 127. The van der Waals surface area contributed by atoms with Gasteiger partial charge in [-0.1, -0.05) is 0 Å². The van der Waals surface area contributed by atoms with Gasteiger partial charge in [0.05, 0.1) is 7.11 Å². The molecule has 0 aliphatic carbocycles. The lowest BCUT2D eigenvalue weighted by molar-refractivity contribution is 0.370. The number of phenols is 1. The Labute approximate surface area is 91.0 Å². The van der Waals surface area contributed by atoms with Crippen LogP contribution in [0.1, 0.15) is 5.56 Å². The van der Waals surface area contributed by atoms with E-state index in [-0.39, 0.29) is 5.75 Å². The first-order chi connectivity index (χ1) is 6.20. The van der Waals surface area contributed by atoms with Crippen LogP contribution in [0.4, 0.5) is 0 Å². The molecule has 0 aliphatic rings. The number of benzene rings is 1. The summed E-state index contributed by atoms with van der Waals surface area (Å²) in [5.74, 6) is 0.712. The summed E-state index contributed by atoms with van der Waals surface area (Å²) in [4.78, 5) is 0. The van der Waals surface area contributed by atoms with Gasteiger partial charge < -0.3 is 15.6 Å². The summed E-state index contributed by atoms with van der Waals surface area (Å²) >= 11 is 2.17. The first-order valence-electron chi connectivity index (χ1n) is 3.95. The molecule has 0 saturated heterocycles. The lowest BCUT2D eigenvalue weighted by Crippen LogP contribution is -2.04. The van der Waals surface area contributed by atoms with Crippen LogP contribution >= 0.6 is 22.6 Å². The van der Waals surface area contributed by atoms with Crippen LogP contribution < -0.4 is 10.5 Å². The highest BCUT2D eigenvalue weighted by Crippen LogP contribution is 2.32. The summed E-state index contributed by atoms with van der Waals surface area (Å²) in [5, 5.41) is 9.72. The predicted molar refractivity (Wildman–Crippen MR) is 60.1 cm³/mol. The van der Waals surface area contributed by atoms with E-state index >= 15 is 0 Å². The molecule has 0 radical (unpaired) electrons. The molecule has 0 spiro atoms. The average Bonchev–Trinajstić information content (AvgIpc) is 2.12. The zero-order chi connectivity index (χ0) is 9.84. The molecule has 0 fully saturated rings. The van der Waals surface area contributed by atoms with Crippen LogP contribution in [-0.2, 0) is 6.42 Å². The Bertz CT molecular complexity index is 302. The Hall–Kier alpha value is -0.490. The van der Waals surface area contributed by atoms with Crippen LogP contribution in [0.2, 0.25) is 0 Å². The fourth-order valence-corrected chi connectivity index (χ4v) is 1.84. The molecule has 3 N–H and O–H groups in total. The van der Waals surface area contributed by atoms with Gasteiger partial charge in [0.1, 0.15) is 0 Å². The molecule has 0 atom stereocenters. The van der Waals surface area contributed by atoms with Gasteiger partial charge >= 0.3 is 0 Å². The van der Waals surface area contributed by atoms with Gasteiger partial charge in [-0.2, -0.15) is 0 Å². The summed E-state index contributed by atoms with van der Waals surface area (Å²) in [6.07, 6.45) is 0.668. The van der Waals surface area contributed by atoms with E-state index in [4.69, 9.17) is 10.5 Å². The average molecular weight is 293 g/mol. The maximum absolute atomic E-state index is 9.72. The molecular formula is C9H12INO2. The third kappa shape index (κ3) is 2.25. The van der Waals surface area contributed by atoms with E-state index < -0.39 is 0 Å². The van der Waals surface area contributed by atoms with E-state index in [0.29, 0.717) is 18.7 Å². The van der Waals surface area contributed by atoms with Crippen molar-refractivity contribution in [1.29, 1.82) is 0 Å². The minimum Gasteiger partial charge on any atom is -0.504 e. The second-order valence-electron chi connectivity index (χ2n) is 2.62. The molecule has 0 aliphatic heterocycles. The quantitative estimate of drug-likeness (QED) is 0.831. The second-order valence-corrected chi connectivity index (χ2v) is 3.78. The van der Waals surface area contributed by atoms with Gasteiger partial charge in [-0.3, -0.25) is 0 Å². The van der Waals surface area contributed by atoms with Crippen molar-refractivity contribution in [2.24, 2.45) is 5.73 Å². The number of hydrogen-bond acceptors (Lipinski definition) is 3. The lowest BCUT2D eigenvalue weighted by atomic mass is 10.1. The fourth-order valence-electron chi connectivity index (χ4n) is 1.14. The van der Waals surface area contributed by atoms with Gasteiger partial charge in [0.25, 0.3) is 0 Å². The van der Waals surface area contributed by atoms with Gasteiger partial charge in [-0.05, 0) is 47.7 Å². The van der Waals surface area contributed by atoms with Gasteiger partial charge in [0.15, 0.2) is 11.5 Å². The molecule has 0 heterocycles. The SMILES string of the molecule is COc1ccc(I)c(CCN)c1O. The highest BCUT2D eigenvalue weighted by molar-refractivity contribution is 14.1. The number of phenolic OH excluding ortho intramolecular Hbond substituents is 1. The largest absolute Gasteiger partial charge is 0.504 e. The zero-order valence-corrected chi connectivity index (χ0v) is 9.54. The number of nitrogens with two attached hydrogens (primary N) is 1. The van der Waals surface area contributed by atoms with E-state index in [1.54, 1.807) is 6.07 Å². The molecule has 1 aromatic carbocycles. The molecule has 4 heteroatoms. The summed E-state index contributed by atoms with van der Waals surface area (Å²) in [6, 6.07) is 3.65. The minimum absolute atomic E-state index is 0.208. The summed E-state index contributed by atoms with van der Waals surface area (Å²) < 4.78 is 6.01. The number of ether oxygens (including phenoxy) is 1. The maximum atomic E-state index is 9.72. The molecule has 1 rings (SSSR count). The standard InChI is InChI=1S/C9H12INO2/c1-13-8-3-2-7(10)6(4-5-11)9(8)12/h2-3,12H,4-5,11H2,1H3. The van der Waals surface area contributed by atoms with Gasteiger partial charge in [-0.25, -0.2) is 0 Å². The molecule has 1 aromatic rings. The molecule has 0 bridgehead atoms. The Kier molecular flexibility index (Phi) is 3.80. The number of hydrogen-bond donors (Lipinski definition) is 2. The van der Waals surface area contributed by atoms with Crippen LogP contribution in [-0.4, -0.2) is 18.8 Å². The monoisotopic (exact) mass is 293 g/mol. The summed E-state index contributed by atoms with van der Waals surface area (Å²) in [7, 11) is 1.54. The Morgan fingerprint density at radius 3 is 2.77 bits per heavy atom. The van der Waals surface area contributed by atoms with Crippen molar-refractivity contribution in [1.82, 2.24) is 0 Å². The van der Waals surface area contributed by atoms with Crippen molar-refractivity contribution in [2.75, 3.05) is 13.7 Å². The fraction of sp³-hybridized carbons (Fsp3) is 0.333. The van der Waals surface area contributed by atoms with Crippen molar-refractivity contribution in [3.63, 3.8) is 0 Å². The molecule has 13 heavy (non-hydrogen) atoms. The molecule has 0 aromatic heterocycles. The van der Waals surface area contributed by atoms with E-state index in [2.05, 4.69) is 22.6 Å². The molecule has 3 nitrogen and oxygen atoms in total. The van der Waals surface area contributed by atoms with Crippen LogP contribution in [0.15, 0.2) is 12.1 Å². The third-order valence-electron chi connectivity index (χ3n) is 1.80. The van der Waals surface area contributed by atoms with Gasteiger partial charge in [0.2, 0.25) is 0 Å². The van der Waals surface area contributed by atoms with E-state index in [9.17, 15) is 5.11 Å². The predicted octanol–water partition coefficient (Wildman–Crippen LogP) is 1.51. The molecular weight excluding hydrogens is 281 g/mol. The van der Waals surface area contributed by atoms with Gasteiger partial charge in [-0.15, -0.1) is 0 Å². The first kappa shape index (κ1) is 10.6. The van der Waals surface area contributed by atoms with Crippen LogP contribution in [0.3, 0.4) is 0 Å². The summed E-state index contributed by atoms with van der Waals surface area (Å²) in [5.41, 5.74) is 6.30. The number of halogens is 1. The molecule has 72 valence electrons. The van der Waals surface area contributed by atoms with E-state index in [1.807, 2.05) is 6.07 Å². The van der Waals surface area contributed by atoms with E-state index in [1.165, 1.54) is 7.11 Å². The summed E-state index contributed by atoms with van der Waals surface area (Å²) in [6.45, 7) is 0.525. The van der Waals surface area contributed by atoms with Crippen LogP contribution in [0.25, 0.3) is 0 Å². The Morgan fingerprint density at radius 2 is 2.23 bits per heavy atom. The van der Waals surface area contributed by atoms with Crippen molar-refractivity contribution >= 4 is 22.6 Å².